The molecule has 0 aliphatic carbocycles. The molecule has 0 amide bonds. The van der Waals surface area contributed by atoms with Crippen LogP contribution in [0, 0.1) is 0 Å². The average Bonchev–Trinajstić information content (AvgIpc) is 3.13. The molecule has 0 N–H and O–H groups in total. The maximum absolute atomic E-state index is 5.31. The van der Waals surface area contributed by atoms with E-state index in [1.165, 1.54) is 5.56 Å². The summed E-state index contributed by atoms with van der Waals surface area (Å²) >= 11 is 1.55. The first-order chi connectivity index (χ1) is 13.2. The summed E-state index contributed by atoms with van der Waals surface area (Å²) in [5, 5.41) is 9.70. The molecule has 7 heteroatoms. The van der Waals surface area contributed by atoms with E-state index in [1.807, 2.05) is 18.2 Å². The predicted octanol–water partition coefficient (Wildman–Crippen LogP) is 4.16. The molecule has 3 rings (SSSR count). The molecule has 0 radical (unpaired) electrons. The highest BCUT2D eigenvalue weighted by molar-refractivity contribution is 7.99. The van der Waals surface area contributed by atoms with Crippen LogP contribution in [0.5, 0.6) is 0 Å². The summed E-state index contributed by atoms with van der Waals surface area (Å²) in [5.41, 5.74) is 3.23. The lowest BCUT2D eigenvalue weighted by Crippen LogP contribution is -2.16. The molecule has 142 valence electrons. The Morgan fingerprint density at radius 1 is 1.04 bits per heavy atom. The van der Waals surface area contributed by atoms with Gasteiger partial charge in [-0.2, -0.15) is 0 Å². The lowest BCUT2D eigenvalue weighted by atomic mass is 10.0. The van der Waals surface area contributed by atoms with E-state index in [4.69, 9.17) is 9.47 Å². The topological polar surface area (TPSA) is 62.1 Å². The second-order valence-electron chi connectivity index (χ2n) is 6.31. The van der Waals surface area contributed by atoms with Gasteiger partial charge in [0.25, 0.3) is 0 Å². The number of ether oxygens (including phenoxy) is 2. The number of benzene rings is 1. The van der Waals surface area contributed by atoms with Crippen molar-refractivity contribution >= 4 is 11.8 Å². The van der Waals surface area contributed by atoms with Gasteiger partial charge in [0.05, 0.1) is 11.4 Å². The van der Waals surface area contributed by atoms with Crippen molar-refractivity contribution in [3.05, 3.63) is 54.4 Å². The van der Waals surface area contributed by atoms with Crippen molar-refractivity contribution in [1.82, 2.24) is 19.7 Å². The van der Waals surface area contributed by atoms with E-state index in [-0.39, 0.29) is 6.29 Å². The van der Waals surface area contributed by atoms with Crippen molar-refractivity contribution in [2.45, 2.75) is 31.2 Å². The number of hydrogen-bond donors (Lipinski definition) is 0. The molecule has 2 aromatic heterocycles. The van der Waals surface area contributed by atoms with Crippen LogP contribution in [0.2, 0.25) is 0 Å². The number of para-hydroxylation sites is 1. The van der Waals surface area contributed by atoms with Crippen LogP contribution in [0.1, 0.15) is 25.3 Å². The van der Waals surface area contributed by atoms with E-state index >= 15 is 0 Å². The molecular weight excluding hydrogens is 360 g/mol. The third kappa shape index (κ3) is 4.37. The minimum atomic E-state index is -0.303. The molecule has 0 atom stereocenters. The van der Waals surface area contributed by atoms with Crippen molar-refractivity contribution in [1.29, 1.82) is 0 Å². The van der Waals surface area contributed by atoms with Crippen LogP contribution in [-0.2, 0) is 9.47 Å². The number of nitrogens with zero attached hydrogens (tertiary/aromatic N) is 4. The number of aromatic nitrogens is 4. The Morgan fingerprint density at radius 3 is 2.48 bits per heavy atom. The number of methoxy groups -OCH3 is 2. The Hall–Kier alpha value is -2.22. The van der Waals surface area contributed by atoms with Gasteiger partial charge in [-0.05, 0) is 29.7 Å². The van der Waals surface area contributed by atoms with E-state index in [0.29, 0.717) is 11.7 Å². The summed E-state index contributed by atoms with van der Waals surface area (Å²) in [6.07, 6.45) is 3.26. The van der Waals surface area contributed by atoms with Crippen molar-refractivity contribution in [3.63, 3.8) is 0 Å². The highest BCUT2D eigenvalue weighted by Crippen LogP contribution is 2.32. The Bertz CT molecular complexity index is 863. The second kappa shape index (κ2) is 9.12. The quantitative estimate of drug-likeness (QED) is 0.429. The van der Waals surface area contributed by atoms with Crippen LogP contribution >= 0.6 is 11.8 Å². The Balaban J connectivity index is 2.10. The van der Waals surface area contributed by atoms with Gasteiger partial charge in [-0.15, -0.1) is 10.2 Å². The molecule has 1 aromatic carbocycles. The Morgan fingerprint density at radius 2 is 1.81 bits per heavy atom. The number of rotatable bonds is 8. The van der Waals surface area contributed by atoms with Crippen LogP contribution in [0.15, 0.2) is 53.9 Å². The summed E-state index contributed by atoms with van der Waals surface area (Å²) in [7, 11) is 3.27. The smallest absolute Gasteiger partial charge is 0.196 e. The maximum atomic E-state index is 5.31. The summed E-state index contributed by atoms with van der Waals surface area (Å²) in [5.74, 6) is 1.75. The van der Waals surface area contributed by atoms with Gasteiger partial charge >= 0.3 is 0 Å². The van der Waals surface area contributed by atoms with E-state index in [1.54, 1.807) is 38.4 Å². The largest absolute Gasteiger partial charge is 0.355 e. The van der Waals surface area contributed by atoms with E-state index in [2.05, 4.69) is 51.8 Å². The Kier molecular flexibility index (Phi) is 6.60. The van der Waals surface area contributed by atoms with Crippen molar-refractivity contribution in [2.75, 3.05) is 20.0 Å². The predicted molar refractivity (Wildman–Crippen MR) is 107 cm³/mol. The second-order valence-corrected chi connectivity index (χ2v) is 7.30. The lowest BCUT2D eigenvalue weighted by Gasteiger charge is -2.17. The molecule has 2 heterocycles. The van der Waals surface area contributed by atoms with Crippen molar-refractivity contribution in [3.8, 4) is 17.1 Å². The fourth-order valence-corrected chi connectivity index (χ4v) is 3.79. The van der Waals surface area contributed by atoms with Gasteiger partial charge in [0.2, 0.25) is 0 Å². The van der Waals surface area contributed by atoms with Crippen molar-refractivity contribution < 1.29 is 9.47 Å². The van der Waals surface area contributed by atoms with Crippen LogP contribution in [-0.4, -0.2) is 46.0 Å². The molecule has 0 bridgehead atoms. The van der Waals surface area contributed by atoms with E-state index in [0.717, 1.165) is 22.2 Å². The Labute approximate surface area is 163 Å². The highest BCUT2D eigenvalue weighted by atomic mass is 32.2. The lowest BCUT2D eigenvalue weighted by molar-refractivity contribution is -0.0842. The van der Waals surface area contributed by atoms with Gasteiger partial charge < -0.3 is 9.47 Å². The minimum Gasteiger partial charge on any atom is -0.355 e. The van der Waals surface area contributed by atoms with Gasteiger partial charge in [0.15, 0.2) is 17.3 Å². The molecular formula is C20H24N4O2S. The molecule has 3 aromatic rings. The van der Waals surface area contributed by atoms with Crippen LogP contribution in [0.4, 0.5) is 0 Å². The average molecular weight is 385 g/mol. The normalized spacial score (nSPS) is 11.5. The highest BCUT2D eigenvalue weighted by Gasteiger charge is 2.20. The van der Waals surface area contributed by atoms with E-state index in [9.17, 15) is 0 Å². The molecule has 0 aliphatic heterocycles. The molecule has 0 fully saturated rings. The summed E-state index contributed by atoms with van der Waals surface area (Å²) in [4.78, 5) is 4.24. The van der Waals surface area contributed by atoms with Crippen LogP contribution < -0.4 is 0 Å². The molecule has 0 unspecified atom stereocenters. The zero-order valence-electron chi connectivity index (χ0n) is 16.0. The first kappa shape index (κ1) is 19.5. The van der Waals surface area contributed by atoms with Gasteiger partial charge in [0.1, 0.15) is 0 Å². The number of thioether (sulfide) groups is 1. The van der Waals surface area contributed by atoms with Gasteiger partial charge in [-0.3, -0.25) is 9.55 Å². The standard InChI is InChI=1S/C20H24N4O2S/c1-14(2)16-9-5-6-10-17(16)24-19(15-8-7-11-21-12-15)22-23-20(24)27-13-18(25-3)26-4/h5-12,14,18H,13H2,1-4H3. The monoisotopic (exact) mass is 384 g/mol. The molecule has 6 nitrogen and oxygen atoms in total. The SMILES string of the molecule is COC(CSc1nnc(-c2cccnc2)n1-c1ccccc1C(C)C)OC. The molecule has 27 heavy (non-hydrogen) atoms. The van der Waals surface area contributed by atoms with Gasteiger partial charge in [-0.25, -0.2) is 0 Å². The minimum absolute atomic E-state index is 0.303. The fraction of sp³-hybridized carbons (Fsp3) is 0.350. The maximum Gasteiger partial charge on any atom is 0.196 e. The van der Waals surface area contributed by atoms with Crippen LogP contribution in [0.25, 0.3) is 17.1 Å². The molecule has 0 saturated carbocycles. The summed E-state index contributed by atoms with van der Waals surface area (Å²) < 4.78 is 12.7. The first-order valence-corrected chi connectivity index (χ1v) is 9.77. The summed E-state index contributed by atoms with van der Waals surface area (Å²) in [6.45, 7) is 4.37. The third-order valence-electron chi connectivity index (χ3n) is 4.23. The number of pyridine rings is 1. The summed E-state index contributed by atoms with van der Waals surface area (Å²) in [6, 6.07) is 12.2. The van der Waals surface area contributed by atoms with E-state index < -0.39 is 0 Å². The van der Waals surface area contributed by atoms with Gasteiger partial charge in [-0.1, -0.05) is 43.8 Å². The van der Waals surface area contributed by atoms with Gasteiger partial charge in [0, 0.05) is 32.2 Å². The molecule has 0 spiro atoms. The van der Waals surface area contributed by atoms with Crippen LogP contribution in [0.3, 0.4) is 0 Å². The zero-order valence-corrected chi connectivity index (χ0v) is 16.8. The molecule has 0 saturated heterocycles. The zero-order chi connectivity index (χ0) is 19.2. The molecule has 0 aliphatic rings. The third-order valence-corrected chi connectivity index (χ3v) is 5.19. The fourth-order valence-electron chi connectivity index (χ4n) is 2.82. The number of hydrogen-bond acceptors (Lipinski definition) is 6. The van der Waals surface area contributed by atoms with Crippen molar-refractivity contribution in [2.24, 2.45) is 0 Å². The first-order valence-electron chi connectivity index (χ1n) is 8.79.